The maximum atomic E-state index is 12.5. The van der Waals surface area contributed by atoms with E-state index in [-0.39, 0.29) is 11.8 Å². The number of carbonyl (C=O) groups excluding carboxylic acids is 2. The van der Waals surface area contributed by atoms with Crippen molar-refractivity contribution in [2.24, 2.45) is 17.8 Å². The summed E-state index contributed by atoms with van der Waals surface area (Å²) in [6.45, 7) is 4.22. The third kappa shape index (κ3) is 4.97. The molecule has 2 aliphatic rings. The molecule has 2 amide bonds. The average Bonchev–Trinajstić information content (AvgIpc) is 3.57. The number of rotatable bonds is 8. The number of piperidine rings is 1. The maximum Gasteiger partial charge on any atom is 0.225 e. The van der Waals surface area contributed by atoms with Crippen LogP contribution in [0.5, 0.6) is 11.5 Å². The van der Waals surface area contributed by atoms with Crippen LogP contribution in [-0.2, 0) is 16.1 Å². The second kappa shape index (κ2) is 9.30. The summed E-state index contributed by atoms with van der Waals surface area (Å²) in [4.78, 5) is 26.9. The van der Waals surface area contributed by atoms with Crippen LogP contribution in [0, 0.1) is 17.8 Å². The summed E-state index contributed by atoms with van der Waals surface area (Å²) in [5.41, 5.74) is 0.975. The second-order valence-corrected chi connectivity index (χ2v) is 7.95. The lowest BCUT2D eigenvalue weighted by Crippen LogP contribution is -2.45. The van der Waals surface area contributed by atoms with Crippen LogP contribution >= 0.6 is 0 Å². The van der Waals surface area contributed by atoms with Gasteiger partial charge >= 0.3 is 0 Å². The van der Waals surface area contributed by atoms with Gasteiger partial charge in [-0.05, 0) is 48.8 Å². The molecule has 0 radical (unpaired) electrons. The third-order valence-electron chi connectivity index (χ3n) is 6.04. The molecule has 2 unspecified atom stereocenters. The van der Waals surface area contributed by atoms with E-state index in [2.05, 4.69) is 12.2 Å². The normalized spacial score (nSPS) is 21.9. The van der Waals surface area contributed by atoms with E-state index in [1.807, 2.05) is 23.1 Å². The van der Waals surface area contributed by atoms with Crippen LogP contribution in [0.4, 0.5) is 0 Å². The van der Waals surface area contributed by atoms with Gasteiger partial charge in [-0.2, -0.15) is 0 Å². The zero-order chi connectivity index (χ0) is 20.1. The second-order valence-electron chi connectivity index (χ2n) is 7.95. The van der Waals surface area contributed by atoms with Crippen LogP contribution in [0.3, 0.4) is 0 Å². The first kappa shape index (κ1) is 20.5. The van der Waals surface area contributed by atoms with Gasteiger partial charge in [-0.3, -0.25) is 9.59 Å². The van der Waals surface area contributed by atoms with Gasteiger partial charge in [0.25, 0.3) is 0 Å². The van der Waals surface area contributed by atoms with Crippen molar-refractivity contribution in [3.05, 3.63) is 23.8 Å². The zero-order valence-electron chi connectivity index (χ0n) is 17.2. The van der Waals surface area contributed by atoms with Crippen LogP contribution in [-0.4, -0.2) is 44.0 Å². The number of likely N-dealkylation sites (tertiary alicyclic amines) is 1. The topological polar surface area (TPSA) is 67.9 Å². The van der Waals surface area contributed by atoms with E-state index in [0.29, 0.717) is 42.2 Å². The molecule has 28 heavy (non-hydrogen) atoms. The lowest BCUT2D eigenvalue weighted by atomic mass is 9.81. The highest BCUT2D eigenvalue weighted by Crippen LogP contribution is 2.35. The summed E-state index contributed by atoms with van der Waals surface area (Å²) in [6, 6.07) is 5.66. The minimum atomic E-state index is 0.0696. The monoisotopic (exact) mass is 388 g/mol. The third-order valence-corrected chi connectivity index (χ3v) is 6.04. The predicted molar refractivity (Wildman–Crippen MR) is 107 cm³/mol. The highest BCUT2D eigenvalue weighted by Gasteiger charge is 2.37. The molecule has 1 saturated carbocycles. The fourth-order valence-electron chi connectivity index (χ4n) is 4.10. The van der Waals surface area contributed by atoms with Crippen LogP contribution in [0.1, 0.15) is 44.6 Å². The number of amides is 2. The summed E-state index contributed by atoms with van der Waals surface area (Å²) in [6.07, 6.45) is 4.54. The molecule has 154 valence electrons. The van der Waals surface area contributed by atoms with E-state index in [9.17, 15) is 9.59 Å². The Hall–Kier alpha value is -2.24. The Kier molecular flexibility index (Phi) is 6.81. The smallest absolute Gasteiger partial charge is 0.225 e. The first-order valence-electron chi connectivity index (χ1n) is 10.3. The number of nitrogens with one attached hydrogen (secondary N) is 1. The van der Waals surface area contributed by atoms with Gasteiger partial charge in [-0.25, -0.2) is 0 Å². The molecule has 0 aromatic heterocycles. The zero-order valence-corrected chi connectivity index (χ0v) is 17.2. The number of hydrogen-bond donors (Lipinski definition) is 1. The summed E-state index contributed by atoms with van der Waals surface area (Å²) in [5, 5.41) is 3.03. The van der Waals surface area contributed by atoms with E-state index < -0.39 is 0 Å². The molecule has 0 bridgehead atoms. The van der Waals surface area contributed by atoms with Crippen molar-refractivity contribution in [2.45, 2.75) is 45.6 Å². The van der Waals surface area contributed by atoms with E-state index in [1.54, 1.807) is 14.2 Å². The fraction of sp³-hybridized carbons (Fsp3) is 0.636. The van der Waals surface area contributed by atoms with Crippen molar-refractivity contribution >= 4 is 11.8 Å². The molecule has 2 atom stereocenters. The van der Waals surface area contributed by atoms with E-state index in [0.717, 1.165) is 44.3 Å². The molecule has 1 aliphatic carbocycles. The molecule has 0 spiro atoms. The van der Waals surface area contributed by atoms with Gasteiger partial charge in [0.2, 0.25) is 11.8 Å². The number of hydrogen-bond acceptors (Lipinski definition) is 4. The molecule has 1 aromatic rings. The van der Waals surface area contributed by atoms with E-state index in [4.69, 9.17) is 9.47 Å². The molecular formula is C22H32N2O4. The average molecular weight is 389 g/mol. The molecule has 3 rings (SSSR count). The van der Waals surface area contributed by atoms with Crippen molar-refractivity contribution < 1.29 is 19.1 Å². The molecule has 6 nitrogen and oxygen atoms in total. The van der Waals surface area contributed by atoms with Crippen LogP contribution < -0.4 is 14.8 Å². The van der Waals surface area contributed by atoms with Crippen molar-refractivity contribution in [3.8, 4) is 11.5 Å². The standard InChI is InChI=1S/C22H32N2O4/c1-4-16-14-24(22(26)17-6-7-17)10-9-18(16)12-21(25)23-13-15-5-8-19(27-2)20(11-15)28-3/h5,8,11,16-18H,4,6-7,9-10,12-14H2,1-3H3,(H,23,25). The van der Waals surface area contributed by atoms with E-state index >= 15 is 0 Å². The molecule has 1 N–H and O–H groups in total. The summed E-state index contributed by atoms with van der Waals surface area (Å²) < 4.78 is 10.6. The SMILES string of the molecule is CCC1CN(C(=O)C2CC2)CCC1CC(=O)NCc1ccc(OC)c(OC)c1. The minimum Gasteiger partial charge on any atom is -0.493 e. The summed E-state index contributed by atoms with van der Waals surface area (Å²) in [7, 11) is 3.21. The number of nitrogens with zero attached hydrogens (tertiary/aromatic N) is 1. The van der Waals surface area contributed by atoms with Gasteiger partial charge in [0.05, 0.1) is 14.2 Å². The molecule has 2 fully saturated rings. The minimum absolute atomic E-state index is 0.0696. The van der Waals surface area contributed by atoms with Crippen molar-refractivity contribution in [3.63, 3.8) is 0 Å². The Labute approximate surface area is 167 Å². The Morgan fingerprint density at radius 3 is 2.50 bits per heavy atom. The van der Waals surface area contributed by atoms with E-state index in [1.165, 1.54) is 0 Å². The largest absolute Gasteiger partial charge is 0.493 e. The quantitative estimate of drug-likeness (QED) is 0.743. The maximum absolute atomic E-state index is 12.5. The Bertz CT molecular complexity index is 702. The van der Waals surface area contributed by atoms with Crippen molar-refractivity contribution in [1.29, 1.82) is 0 Å². The van der Waals surface area contributed by atoms with Gasteiger partial charge in [0.15, 0.2) is 11.5 Å². The van der Waals surface area contributed by atoms with Gasteiger partial charge < -0.3 is 19.7 Å². The van der Waals surface area contributed by atoms with Crippen molar-refractivity contribution in [1.82, 2.24) is 10.2 Å². The number of ether oxygens (including phenoxy) is 2. The van der Waals surface area contributed by atoms with Crippen LogP contribution in [0.25, 0.3) is 0 Å². The molecule has 6 heteroatoms. The number of benzene rings is 1. The summed E-state index contributed by atoms with van der Waals surface area (Å²) in [5.74, 6) is 2.76. The van der Waals surface area contributed by atoms with Gasteiger partial charge in [-0.1, -0.05) is 19.4 Å². The predicted octanol–water partition coefficient (Wildman–Crippen LogP) is 2.99. The van der Waals surface area contributed by atoms with Crippen LogP contribution in [0.15, 0.2) is 18.2 Å². The highest BCUT2D eigenvalue weighted by molar-refractivity contribution is 5.81. The highest BCUT2D eigenvalue weighted by atomic mass is 16.5. The molecule has 1 aliphatic heterocycles. The molecule has 1 saturated heterocycles. The van der Waals surface area contributed by atoms with Crippen LogP contribution in [0.2, 0.25) is 0 Å². The molecule has 1 aromatic carbocycles. The number of methoxy groups -OCH3 is 2. The lowest BCUT2D eigenvalue weighted by molar-refractivity contribution is -0.135. The fourth-order valence-corrected chi connectivity index (χ4v) is 4.10. The van der Waals surface area contributed by atoms with Gasteiger partial charge in [-0.15, -0.1) is 0 Å². The first-order chi connectivity index (χ1) is 13.5. The molecular weight excluding hydrogens is 356 g/mol. The van der Waals surface area contributed by atoms with Crippen molar-refractivity contribution in [2.75, 3.05) is 27.3 Å². The Morgan fingerprint density at radius 2 is 1.86 bits per heavy atom. The molecule has 1 heterocycles. The van der Waals surface area contributed by atoms with Gasteiger partial charge in [0, 0.05) is 32.0 Å². The number of carbonyl (C=O) groups is 2. The first-order valence-corrected chi connectivity index (χ1v) is 10.3. The van der Waals surface area contributed by atoms with Gasteiger partial charge in [0.1, 0.15) is 0 Å². The lowest BCUT2D eigenvalue weighted by Gasteiger charge is -2.38. The Morgan fingerprint density at radius 1 is 1.11 bits per heavy atom. The summed E-state index contributed by atoms with van der Waals surface area (Å²) >= 11 is 0. The Balaban J connectivity index is 1.49.